The summed E-state index contributed by atoms with van der Waals surface area (Å²) in [4.78, 5) is 28.4. The van der Waals surface area contributed by atoms with Gasteiger partial charge in [0.2, 0.25) is 0 Å². The van der Waals surface area contributed by atoms with Gasteiger partial charge in [-0.25, -0.2) is 0 Å². The third-order valence-corrected chi connectivity index (χ3v) is 3.52. The van der Waals surface area contributed by atoms with Gasteiger partial charge in [-0.3, -0.25) is 14.6 Å². The normalized spacial score (nSPS) is 11.0. The first kappa shape index (κ1) is 18.6. The van der Waals surface area contributed by atoms with E-state index in [9.17, 15) is 9.59 Å². The molecule has 0 aliphatic heterocycles. The third-order valence-electron chi connectivity index (χ3n) is 3.52. The van der Waals surface area contributed by atoms with Gasteiger partial charge in [-0.2, -0.15) is 0 Å². The van der Waals surface area contributed by atoms with Gasteiger partial charge in [-0.15, -0.1) is 0 Å². The van der Waals surface area contributed by atoms with Crippen LogP contribution in [0.5, 0.6) is 0 Å². The summed E-state index contributed by atoms with van der Waals surface area (Å²) in [6.45, 7) is 6.29. The Labute approximate surface area is 148 Å². The standard InChI is InChI=1S/C20H25N3O2/c1-20(2,3)23-19(25)17-12-16(13-21-14-17)18(24)22-11-7-10-15-8-5-4-6-9-15/h4-6,8-9,12-14H,7,10-11H2,1-3H3,(H,22,24)(H,23,25). The van der Waals surface area contributed by atoms with Crippen molar-refractivity contribution in [2.75, 3.05) is 6.54 Å². The van der Waals surface area contributed by atoms with Gasteiger partial charge in [-0.1, -0.05) is 30.3 Å². The van der Waals surface area contributed by atoms with E-state index >= 15 is 0 Å². The molecule has 25 heavy (non-hydrogen) atoms. The highest BCUT2D eigenvalue weighted by Crippen LogP contribution is 2.07. The van der Waals surface area contributed by atoms with Crippen LogP contribution in [0.4, 0.5) is 0 Å². The van der Waals surface area contributed by atoms with Gasteiger partial charge in [0.15, 0.2) is 0 Å². The molecule has 1 aromatic heterocycles. The van der Waals surface area contributed by atoms with Crippen molar-refractivity contribution in [1.82, 2.24) is 15.6 Å². The Kier molecular flexibility index (Phi) is 6.28. The van der Waals surface area contributed by atoms with Crippen LogP contribution in [0, 0.1) is 0 Å². The number of hydrogen-bond donors (Lipinski definition) is 2. The number of aromatic nitrogens is 1. The number of aryl methyl sites for hydroxylation is 1. The van der Waals surface area contributed by atoms with E-state index in [1.54, 1.807) is 6.07 Å². The second kappa shape index (κ2) is 8.42. The zero-order valence-electron chi connectivity index (χ0n) is 15.0. The van der Waals surface area contributed by atoms with Gasteiger partial charge in [0.05, 0.1) is 11.1 Å². The van der Waals surface area contributed by atoms with E-state index in [-0.39, 0.29) is 17.4 Å². The van der Waals surface area contributed by atoms with Crippen molar-refractivity contribution in [3.8, 4) is 0 Å². The molecule has 0 radical (unpaired) electrons. The summed E-state index contributed by atoms with van der Waals surface area (Å²) >= 11 is 0. The number of nitrogens with zero attached hydrogens (tertiary/aromatic N) is 1. The van der Waals surface area contributed by atoms with Crippen molar-refractivity contribution < 1.29 is 9.59 Å². The molecular formula is C20H25N3O2. The van der Waals surface area contributed by atoms with Gasteiger partial charge in [0.25, 0.3) is 11.8 Å². The summed E-state index contributed by atoms with van der Waals surface area (Å²) in [5.41, 5.74) is 1.68. The van der Waals surface area contributed by atoms with Gasteiger partial charge in [-0.05, 0) is 45.2 Å². The minimum atomic E-state index is -0.340. The SMILES string of the molecule is CC(C)(C)NC(=O)c1cncc(C(=O)NCCCc2ccccc2)c1. The summed E-state index contributed by atoms with van der Waals surface area (Å²) < 4.78 is 0. The Hall–Kier alpha value is -2.69. The molecule has 0 atom stereocenters. The molecule has 0 aliphatic carbocycles. The molecule has 0 fully saturated rings. The Morgan fingerprint density at radius 2 is 1.64 bits per heavy atom. The van der Waals surface area contributed by atoms with Crippen LogP contribution in [-0.2, 0) is 6.42 Å². The van der Waals surface area contributed by atoms with Crippen LogP contribution in [0.1, 0.15) is 53.5 Å². The molecule has 0 unspecified atom stereocenters. The maximum absolute atomic E-state index is 12.2. The minimum absolute atomic E-state index is 0.217. The lowest BCUT2D eigenvalue weighted by molar-refractivity contribution is 0.0919. The molecule has 132 valence electrons. The average Bonchev–Trinajstić information content (AvgIpc) is 2.58. The number of rotatable bonds is 6. The third kappa shape index (κ3) is 6.37. The highest BCUT2D eigenvalue weighted by Gasteiger charge is 2.17. The highest BCUT2D eigenvalue weighted by molar-refractivity contribution is 5.99. The second-order valence-electron chi connectivity index (χ2n) is 7.01. The zero-order chi connectivity index (χ0) is 18.3. The molecule has 1 aromatic carbocycles. The predicted octanol–water partition coefficient (Wildman–Crippen LogP) is 2.97. The first-order chi connectivity index (χ1) is 11.8. The van der Waals surface area contributed by atoms with Crippen LogP contribution in [0.2, 0.25) is 0 Å². The molecule has 2 N–H and O–H groups in total. The molecular weight excluding hydrogens is 314 g/mol. The van der Waals surface area contributed by atoms with Crippen molar-refractivity contribution >= 4 is 11.8 Å². The van der Waals surface area contributed by atoms with Crippen LogP contribution in [0.3, 0.4) is 0 Å². The predicted molar refractivity (Wildman–Crippen MR) is 98.6 cm³/mol. The van der Waals surface area contributed by atoms with Crippen molar-refractivity contribution in [2.24, 2.45) is 0 Å². The molecule has 0 saturated carbocycles. The fourth-order valence-electron chi connectivity index (χ4n) is 2.34. The quantitative estimate of drug-likeness (QED) is 0.795. The lowest BCUT2D eigenvalue weighted by atomic mass is 10.1. The summed E-state index contributed by atoms with van der Waals surface area (Å²) in [5.74, 6) is -0.454. The topological polar surface area (TPSA) is 71.1 Å². The van der Waals surface area contributed by atoms with Crippen molar-refractivity contribution in [3.63, 3.8) is 0 Å². The average molecular weight is 339 g/mol. The van der Waals surface area contributed by atoms with Gasteiger partial charge in [0.1, 0.15) is 0 Å². The number of benzene rings is 1. The van der Waals surface area contributed by atoms with Crippen LogP contribution in [-0.4, -0.2) is 28.9 Å². The number of hydrogen-bond acceptors (Lipinski definition) is 3. The van der Waals surface area contributed by atoms with Crippen molar-refractivity contribution in [3.05, 3.63) is 65.5 Å². The molecule has 2 amide bonds. The Morgan fingerprint density at radius 1 is 1.00 bits per heavy atom. The smallest absolute Gasteiger partial charge is 0.253 e. The maximum atomic E-state index is 12.2. The van der Waals surface area contributed by atoms with Crippen molar-refractivity contribution in [2.45, 2.75) is 39.2 Å². The van der Waals surface area contributed by atoms with E-state index < -0.39 is 0 Å². The van der Waals surface area contributed by atoms with Crippen LogP contribution in [0.15, 0.2) is 48.8 Å². The fraction of sp³-hybridized carbons (Fsp3) is 0.350. The maximum Gasteiger partial charge on any atom is 0.253 e. The lowest BCUT2D eigenvalue weighted by Gasteiger charge is -2.20. The van der Waals surface area contributed by atoms with E-state index in [2.05, 4.69) is 27.8 Å². The van der Waals surface area contributed by atoms with Crippen LogP contribution < -0.4 is 10.6 Å². The lowest BCUT2D eigenvalue weighted by Crippen LogP contribution is -2.40. The summed E-state index contributed by atoms with van der Waals surface area (Å²) in [6, 6.07) is 11.7. The molecule has 0 aliphatic rings. The zero-order valence-corrected chi connectivity index (χ0v) is 15.0. The van der Waals surface area contributed by atoms with E-state index in [1.165, 1.54) is 18.0 Å². The number of carbonyl (C=O) groups is 2. The monoisotopic (exact) mass is 339 g/mol. The first-order valence-electron chi connectivity index (χ1n) is 8.45. The number of nitrogens with one attached hydrogen (secondary N) is 2. The molecule has 1 heterocycles. The van der Waals surface area contributed by atoms with Gasteiger partial charge >= 0.3 is 0 Å². The van der Waals surface area contributed by atoms with Gasteiger partial charge in [0, 0.05) is 24.5 Å². The van der Waals surface area contributed by atoms with E-state index in [1.807, 2.05) is 39.0 Å². The Bertz CT molecular complexity index is 721. The number of carbonyl (C=O) groups excluding carboxylic acids is 2. The minimum Gasteiger partial charge on any atom is -0.352 e. The Morgan fingerprint density at radius 3 is 2.28 bits per heavy atom. The largest absolute Gasteiger partial charge is 0.352 e. The summed E-state index contributed by atoms with van der Waals surface area (Å²) in [6.07, 6.45) is 4.70. The first-order valence-corrected chi connectivity index (χ1v) is 8.45. The van der Waals surface area contributed by atoms with E-state index in [0.29, 0.717) is 17.7 Å². The molecule has 2 rings (SSSR count). The molecule has 2 aromatic rings. The van der Waals surface area contributed by atoms with Crippen molar-refractivity contribution in [1.29, 1.82) is 0 Å². The molecule has 5 heteroatoms. The number of amides is 2. The fourth-order valence-corrected chi connectivity index (χ4v) is 2.34. The second-order valence-corrected chi connectivity index (χ2v) is 7.01. The van der Waals surface area contributed by atoms with E-state index in [0.717, 1.165) is 12.8 Å². The van der Waals surface area contributed by atoms with Gasteiger partial charge < -0.3 is 10.6 Å². The number of pyridine rings is 1. The summed E-state index contributed by atoms with van der Waals surface area (Å²) in [5, 5.41) is 5.73. The molecule has 5 nitrogen and oxygen atoms in total. The Balaban J connectivity index is 1.87. The molecule has 0 saturated heterocycles. The van der Waals surface area contributed by atoms with Crippen LogP contribution in [0.25, 0.3) is 0 Å². The van der Waals surface area contributed by atoms with E-state index in [4.69, 9.17) is 0 Å². The van der Waals surface area contributed by atoms with Crippen LogP contribution >= 0.6 is 0 Å². The summed E-state index contributed by atoms with van der Waals surface area (Å²) in [7, 11) is 0. The molecule has 0 spiro atoms. The highest BCUT2D eigenvalue weighted by atomic mass is 16.2. The molecule has 0 bridgehead atoms.